The third kappa shape index (κ3) is 1.88. The zero-order valence-electron chi connectivity index (χ0n) is 10.5. The third-order valence-corrected chi connectivity index (χ3v) is 10.9. The Morgan fingerprint density at radius 1 is 1.21 bits per heavy atom. The first kappa shape index (κ1) is 12.5. The van der Waals surface area contributed by atoms with Crippen LogP contribution in [0.4, 0.5) is 0 Å². The molecule has 0 aromatic rings. The molecule has 3 heteroatoms. The predicted molar refractivity (Wildman–Crippen MR) is 70.9 cm³/mol. The standard InChI is InChI=1S/C11H26BNP/c1-6-10-8-9-11(7-2)14(10,5)12(3)13-4/h10-11,13H,6-9H2,1-5H3/q+1/t10-,11-/m1/s1. The average Bonchev–Trinajstić information content (AvgIpc) is 2.54. The molecule has 1 heterocycles. The normalized spacial score (nSPS) is 30.6. The van der Waals surface area contributed by atoms with Crippen LogP contribution < -0.4 is 5.23 Å². The van der Waals surface area contributed by atoms with Crippen LogP contribution in [-0.2, 0) is 0 Å². The minimum absolute atomic E-state index is 0.742. The van der Waals surface area contributed by atoms with E-state index in [0.717, 1.165) is 17.9 Å². The summed E-state index contributed by atoms with van der Waals surface area (Å²) in [4.78, 5) is 0. The van der Waals surface area contributed by atoms with Gasteiger partial charge in [0.15, 0.2) is 0 Å². The van der Waals surface area contributed by atoms with Crippen LogP contribution >= 0.6 is 7.14 Å². The van der Waals surface area contributed by atoms with Gasteiger partial charge in [-0.25, -0.2) is 0 Å². The fourth-order valence-electron chi connectivity index (χ4n) is 3.34. The molecule has 0 aromatic carbocycles. The van der Waals surface area contributed by atoms with Gasteiger partial charge in [-0.1, -0.05) is 13.8 Å². The van der Waals surface area contributed by atoms with Gasteiger partial charge in [0.05, 0.1) is 11.3 Å². The van der Waals surface area contributed by atoms with Crippen molar-refractivity contribution >= 4 is 13.7 Å². The maximum atomic E-state index is 3.53. The van der Waals surface area contributed by atoms with Crippen molar-refractivity contribution in [1.29, 1.82) is 0 Å². The molecule has 0 unspecified atom stereocenters. The smallest absolute Gasteiger partial charge is 0.322 e. The largest absolute Gasteiger partial charge is 0.421 e. The monoisotopic (exact) mass is 214 g/mol. The van der Waals surface area contributed by atoms with E-state index in [1.54, 1.807) is 0 Å². The Bertz CT molecular complexity index is 174. The number of hydrogen-bond acceptors (Lipinski definition) is 1. The molecule has 0 saturated carbocycles. The molecule has 1 fully saturated rings. The van der Waals surface area contributed by atoms with Crippen LogP contribution in [0.3, 0.4) is 0 Å². The summed E-state index contributed by atoms with van der Waals surface area (Å²) < 4.78 is 0. The highest BCUT2D eigenvalue weighted by molar-refractivity contribution is 8.04. The Morgan fingerprint density at radius 2 is 1.64 bits per heavy atom. The van der Waals surface area contributed by atoms with Crippen molar-refractivity contribution < 1.29 is 0 Å². The van der Waals surface area contributed by atoms with Gasteiger partial charge >= 0.3 is 6.57 Å². The zero-order valence-corrected chi connectivity index (χ0v) is 11.4. The molecule has 0 radical (unpaired) electrons. The van der Waals surface area contributed by atoms with Crippen molar-refractivity contribution in [3.05, 3.63) is 0 Å². The average molecular weight is 214 g/mol. The van der Waals surface area contributed by atoms with Gasteiger partial charge < -0.3 is 5.23 Å². The molecule has 2 atom stereocenters. The van der Waals surface area contributed by atoms with E-state index in [1.165, 1.54) is 25.7 Å². The Hall–Kier alpha value is 0.455. The minimum atomic E-state index is -0.742. The minimum Gasteiger partial charge on any atom is -0.322 e. The van der Waals surface area contributed by atoms with Crippen LogP contribution in [0.1, 0.15) is 39.5 Å². The third-order valence-electron chi connectivity index (χ3n) is 4.60. The van der Waals surface area contributed by atoms with Crippen molar-refractivity contribution in [2.24, 2.45) is 0 Å². The summed E-state index contributed by atoms with van der Waals surface area (Å²) in [7, 11) is 1.39. The molecule has 14 heavy (non-hydrogen) atoms. The van der Waals surface area contributed by atoms with Crippen molar-refractivity contribution in [3.8, 4) is 0 Å². The molecule has 82 valence electrons. The predicted octanol–water partition coefficient (Wildman–Crippen LogP) is 3.32. The number of hydrogen-bond donors (Lipinski definition) is 1. The van der Waals surface area contributed by atoms with Crippen LogP contribution in [0.2, 0.25) is 6.82 Å². The summed E-state index contributed by atoms with van der Waals surface area (Å²) in [5.74, 6) is 0. The first-order valence-electron chi connectivity index (χ1n) is 6.14. The van der Waals surface area contributed by atoms with Crippen LogP contribution in [0.5, 0.6) is 0 Å². The van der Waals surface area contributed by atoms with Crippen molar-refractivity contribution in [3.63, 3.8) is 0 Å². The Labute approximate surface area is 90.8 Å². The number of nitrogens with one attached hydrogen (secondary N) is 1. The van der Waals surface area contributed by atoms with Crippen molar-refractivity contribution in [1.82, 2.24) is 5.23 Å². The second kappa shape index (κ2) is 4.99. The molecule has 0 spiro atoms. The second-order valence-electron chi connectivity index (χ2n) is 4.89. The molecule has 1 aliphatic rings. The highest BCUT2D eigenvalue weighted by Gasteiger charge is 2.56. The molecule has 0 amide bonds. The molecule has 1 rings (SSSR count). The quantitative estimate of drug-likeness (QED) is 0.559. The summed E-state index contributed by atoms with van der Waals surface area (Å²) in [5.41, 5.74) is 2.07. The molecular formula is C11H26BNP+. The van der Waals surface area contributed by atoms with E-state index in [2.05, 4.69) is 39.6 Å². The van der Waals surface area contributed by atoms with Crippen molar-refractivity contribution in [2.75, 3.05) is 13.7 Å². The topological polar surface area (TPSA) is 12.0 Å². The molecular weight excluding hydrogens is 188 g/mol. The van der Waals surface area contributed by atoms with Gasteiger partial charge in [-0.2, -0.15) is 0 Å². The van der Waals surface area contributed by atoms with Gasteiger partial charge in [0, 0.05) is 6.66 Å². The van der Waals surface area contributed by atoms with Gasteiger partial charge in [0.25, 0.3) is 0 Å². The van der Waals surface area contributed by atoms with E-state index in [1.807, 2.05) is 0 Å². The SMILES string of the molecule is CC[C@@H]1CC[C@@H](CC)[P+]1(C)B(C)NC. The Balaban J connectivity index is 2.85. The fourth-order valence-corrected chi connectivity index (χ4v) is 8.75. The van der Waals surface area contributed by atoms with E-state index < -0.39 is 7.14 Å². The maximum Gasteiger partial charge on any atom is 0.421 e. The lowest BCUT2D eigenvalue weighted by atomic mass is 9.98. The number of rotatable bonds is 4. The van der Waals surface area contributed by atoms with E-state index in [4.69, 9.17) is 0 Å². The molecule has 1 aliphatic heterocycles. The molecule has 1 saturated heterocycles. The molecule has 0 bridgehead atoms. The lowest BCUT2D eigenvalue weighted by Gasteiger charge is -2.33. The summed E-state index contributed by atoms with van der Waals surface area (Å²) in [6, 6.07) is 0. The summed E-state index contributed by atoms with van der Waals surface area (Å²) in [6.07, 6.45) is 5.77. The van der Waals surface area contributed by atoms with Gasteiger partial charge in [-0.15, -0.1) is 0 Å². The lowest BCUT2D eigenvalue weighted by Crippen LogP contribution is -2.36. The van der Waals surface area contributed by atoms with Gasteiger partial charge in [-0.3, -0.25) is 0 Å². The summed E-state index contributed by atoms with van der Waals surface area (Å²) >= 11 is 0. The van der Waals surface area contributed by atoms with Gasteiger partial charge in [0.1, 0.15) is 0 Å². The van der Waals surface area contributed by atoms with E-state index in [-0.39, 0.29) is 0 Å². The maximum absolute atomic E-state index is 3.53. The van der Waals surface area contributed by atoms with Gasteiger partial charge in [-0.05, 0) is 46.7 Å². The Morgan fingerprint density at radius 3 is 1.93 bits per heavy atom. The van der Waals surface area contributed by atoms with Crippen LogP contribution in [0, 0.1) is 0 Å². The van der Waals surface area contributed by atoms with E-state index in [9.17, 15) is 0 Å². The molecule has 1 nitrogen and oxygen atoms in total. The van der Waals surface area contributed by atoms with Crippen LogP contribution in [0.25, 0.3) is 0 Å². The first-order valence-corrected chi connectivity index (χ1v) is 8.58. The Kier molecular flexibility index (Phi) is 4.46. The zero-order chi connectivity index (χ0) is 10.8. The van der Waals surface area contributed by atoms with Gasteiger partial charge in [0.2, 0.25) is 0 Å². The van der Waals surface area contributed by atoms with Crippen LogP contribution in [-0.4, -0.2) is 31.6 Å². The van der Waals surface area contributed by atoms with E-state index >= 15 is 0 Å². The molecule has 1 N–H and O–H groups in total. The molecule has 0 aromatic heterocycles. The highest BCUT2D eigenvalue weighted by atomic mass is 31.2. The second-order valence-corrected chi connectivity index (χ2v) is 9.57. The fraction of sp³-hybridized carbons (Fsp3) is 1.00. The highest BCUT2D eigenvalue weighted by Crippen LogP contribution is 2.72. The summed E-state index contributed by atoms with van der Waals surface area (Å²) in [5, 5.41) is 3.53. The van der Waals surface area contributed by atoms with E-state index in [0.29, 0.717) is 0 Å². The molecule has 0 aliphatic carbocycles. The summed E-state index contributed by atoms with van der Waals surface area (Å²) in [6.45, 7) is 10.5. The first-order chi connectivity index (χ1) is 6.61. The van der Waals surface area contributed by atoms with Crippen molar-refractivity contribution in [2.45, 2.75) is 57.7 Å². The lowest BCUT2D eigenvalue weighted by molar-refractivity contribution is 0.696. The van der Waals surface area contributed by atoms with Crippen LogP contribution in [0.15, 0.2) is 0 Å².